The van der Waals surface area contributed by atoms with Crippen molar-refractivity contribution >= 4 is 23.4 Å². The maximum absolute atomic E-state index is 10.8. The van der Waals surface area contributed by atoms with E-state index in [0.717, 1.165) is 25.1 Å². The molecule has 0 amide bonds. The van der Waals surface area contributed by atoms with Crippen LogP contribution in [-0.4, -0.2) is 34.7 Å². The van der Waals surface area contributed by atoms with Gasteiger partial charge in [0.05, 0.1) is 17.9 Å². The van der Waals surface area contributed by atoms with Crippen molar-refractivity contribution in [2.75, 3.05) is 5.75 Å². The highest BCUT2D eigenvalue weighted by atomic mass is 32.2. The number of nitrogens with one attached hydrogen (secondary N) is 1. The van der Waals surface area contributed by atoms with Crippen LogP contribution in [-0.2, 0) is 4.79 Å². The normalized spacial score (nSPS) is 32.1. The summed E-state index contributed by atoms with van der Waals surface area (Å²) in [5, 5.41) is 4.10. The third-order valence-corrected chi connectivity index (χ3v) is 4.78. The van der Waals surface area contributed by atoms with Gasteiger partial charge in [-0.1, -0.05) is 6.42 Å². The zero-order chi connectivity index (χ0) is 11.5. The van der Waals surface area contributed by atoms with Crippen molar-refractivity contribution in [1.82, 2.24) is 5.32 Å². The second-order valence-corrected chi connectivity index (χ2v) is 6.05. The van der Waals surface area contributed by atoms with Gasteiger partial charge in [-0.25, -0.2) is 0 Å². The highest BCUT2D eigenvalue weighted by Gasteiger charge is 2.39. The standard InChI is InChI=1S/C12H20N2OS/c1-8(15)5-3-4-6-11-12-10(7-16-11)13-9(2)14-12/h10-12H,3-7H2,1-2H3,(H,13,14). The molecule has 0 aromatic rings. The van der Waals surface area contributed by atoms with Crippen LogP contribution in [0.1, 0.15) is 39.5 Å². The summed E-state index contributed by atoms with van der Waals surface area (Å²) in [4.78, 5) is 15.5. The minimum Gasteiger partial charge on any atom is -0.368 e. The molecule has 0 aliphatic carbocycles. The van der Waals surface area contributed by atoms with Crippen LogP contribution >= 0.6 is 11.8 Å². The Morgan fingerprint density at radius 3 is 3.12 bits per heavy atom. The van der Waals surface area contributed by atoms with Crippen LogP contribution in [0.2, 0.25) is 0 Å². The smallest absolute Gasteiger partial charge is 0.129 e. The van der Waals surface area contributed by atoms with Crippen molar-refractivity contribution in [3.63, 3.8) is 0 Å². The molecule has 1 fully saturated rings. The first-order chi connectivity index (χ1) is 7.66. The first kappa shape index (κ1) is 12.0. The Bertz CT molecular complexity index is 303. The molecule has 3 unspecified atom stereocenters. The monoisotopic (exact) mass is 240 g/mol. The number of hydrogen-bond donors (Lipinski definition) is 1. The Labute approximate surface area is 101 Å². The lowest BCUT2D eigenvalue weighted by molar-refractivity contribution is -0.117. The maximum atomic E-state index is 10.8. The fraction of sp³-hybridized carbons (Fsp3) is 0.833. The molecule has 0 bridgehead atoms. The minimum atomic E-state index is 0.313. The first-order valence-electron chi connectivity index (χ1n) is 6.09. The van der Waals surface area contributed by atoms with Gasteiger partial charge in [-0.3, -0.25) is 4.99 Å². The summed E-state index contributed by atoms with van der Waals surface area (Å²) in [5.41, 5.74) is 0. The summed E-state index contributed by atoms with van der Waals surface area (Å²) < 4.78 is 0. The molecule has 0 spiro atoms. The molecule has 0 aromatic carbocycles. The van der Waals surface area contributed by atoms with Gasteiger partial charge in [-0.15, -0.1) is 0 Å². The summed E-state index contributed by atoms with van der Waals surface area (Å²) in [7, 11) is 0. The predicted molar refractivity (Wildman–Crippen MR) is 69.2 cm³/mol. The molecule has 2 rings (SSSR count). The van der Waals surface area contributed by atoms with Gasteiger partial charge in [0, 0.05) is 17.4 Å². The van der Waals surface area contributed by atoms with Gasteiger partial charge in [-0.2, -0.15) is 11.8 Å². The van der Waals surface area contributed by atoms with Crippen molar-refractivity contribution in [3.05, 3.63) is 0 Å². The van der Waals surface area contributed by atoms with E-state index in [4.69, 9.17) is 0 Å². The lowest BCUT2D eigenvalue weighted by Crippen LogP contribution is -2.34. The minimum absolute atomic E-state index is 0.313. The number of fused-ring (bicyclic) bond motifs is 1. The number of nitrogens with zero attached hydrogens (tertiary/aromatic N) is 1. The van der Waals surface area contributed by atoms with Gasteiger partial charge in [0.1, 0.15) is 5.78 Å². The fourth-order valence-electron chi connectivity index (χ4n) is 2.49. The summed E-state index contributed by atoms with van der Waals surface area (Å²) in [5.74, 6) is 2.60. The van der Waals surface area contributed by atoms with Crippen LogP contribution in [0.5, 0.6) is 0 Å². The number of unbranched alkanes of at least 4 members (excludes halogenated alkanes) is 1. The lowest BCUT2D eigenvalue weighted by atomic mass is 10.0. The van der Waals surface area contributed by atoms with Crippen LogP contribution in [0.4, 0.5) is 0 Å². The number of thioether (sulfide) groups is 1. The number of aliphatic imine (C=N–C) groups is 1. The van der Waals surface area contributed by atoms with Gasteiger partial charge in [0.25, 0.3) is 0 Å². The quantitative estimate of drug-likeness (QED) is 0.747. The molecule has 3 nitrogen and oxygen atoms in total. The zero-order valence-electron chi connectivity index (χ0n) is 10.0. The third-order valence-electron chi connectivity index (χ3n) is 3.29. The van der Waals surface area contributed by atoms with Crippen LogP contribution < -0.4 is 5.32 Å². The number of Topliss-reactive ketones (excluding diaryl/α,β-unsaturated/α-hetero) is 1. The molecule has 16 heavy (non-hydrogen) atoms. The summed E-state index contributed by atoms with van der Waals surface area (Å²) in [6.07, 6.45) is 4.15. The predicted octanol–water partition coefficient (Wildman–Crippen LogP) is 2.01. The Hall–Kier alpha value is -0.510. The molecule has 2 heterocycles. The summed E-state index contributed by atoms with van der Waals surface area (Å²) >= 11 is 2.04. The largest absolute Gasteiger partial charge is 0.368 e. The highest BCUT2D eigenvalue weighted by molar-refractivity contribution is 8.00. The second-order valence-electron chi connectivity index (χ2n) is 4.78. The average Bonchev–Trinajstić information content (AvgIpc) is 2.72. The van der Waals surface area contributed by atoms with Gasteiger partial charge in [-0.05, 0) is 26.7 Å². The van der Waals surface area contributed by atoms with Gasteiger partial charge in [0.15, 0.2) is 0 Å². The second kappa shape index (κ2) is 5.21. The Balaban J connectivity index is 1.72. The Kier molecular flexibility index (Phi) is 3.90. The van der Waals surface area contributed by atoms with Crippen molar-refractivity contribution < 1.29 is 4.79 Å². The fourth-order valence-corrected chi connectivity index (χ4v) is 4.00. The highest BCUT2D eigenvalue weighted by Crippen LogP contribution is 2.35. The van der Waals surface area contributed by atoms with E-state index in [1.807, 2.05) is 11.8 Å². The lowest BCUT2D eigenvalue weighted by Gasteiger charge is -2.14. The van der Waals surface area contributed by atoms with Crippen LogP contribution in [0.25, 0.3) is 0 Å². The molecular weight excluding hydrogens is 220 g/mol. The van der Waals surface area contributed by atoms with Crippen LogP contribution in [0, 0.1) is 0 Å². The van der Waals surface area contributed by atoms with Crippen LogP contribution in [0.3, 0.4) is 0 Å². The van der Waals surface area contributed by atoms with E-state index < -0.39 is 0 Å². The Morgan fingerprint density at radius 1 is 1.56 bits per heavy atom. The van der Waals surface area contributed by atoms with E-state index in [-0.39, 0.29) is 0 Å². The molecule has 0 saturated carbocycles. The SMILES string of the molecule is CC(=O)CCCCC1SCC2NC(C)=NC21. The Morgan fingerprint density at radius 2 is 2.38 bits per heavy atom. The molecule has 90 valence electrons. The molecule has 1 saturated heterocycles. The summed E-state index contributed by atoms with van der Waals surface area (Å²) in [6.45, 7) is 3.73. The van der Waals surface area contributed by atoms with Crippen molar-refractivity contribution in [2.24, 2.45) is 4.99 Å². The number of ketones is 1. The number of rotatable bonds is 5. The molecular formula is C12H20N2OS. The van der Waals surface area contributed by atoms with E-state index in [1.54, 1.807) is 6.92 Å². The number of carbonyl (C=O) groups excluding carboxylic acids is 1. The molecule has 4 heteroatoms. The van der Waals surface area contributed by atoms with Crippen molar-refractivity contribution in [1.29, 1.82) is 0 Å². The maximum Gasteiger partial charge on any atom is 0.129 e. The molecule has 0 radical (unpaired) electrons. The average molecular weight is 240 g/mol. The molecule has 2 aliphatic heterocycles. The number of hydrogen-bond acceptors (Lipinski definition) is 4. The summed E-state index contributed by atoms with van der Waals surface area (Å²) in [6, 6.07) is 1.06. The van der Waals surface area contributed by atoms with Crippen LogP contribution in [0.15, 0.2) is 4.99 Å². The van der Waals surface area contributed by atoms with E-state index in [9.17, 15) is 4.79 Å². The van der Waals surface area contributed by atoms with E-state index in [1.165, 1.54) is 12.2 Å². The van der Waals surface area contributed by atoms with E-state index in [2.05, 4.69) is 17.2 Å². The number of amidine groups is 1. The third kappa shape index (κ3) is 2.78. The molecule has 3 atom stereocenters. The van der Waals surface area contributed by atoms with Gasteiger partial charge < -0.3 is 10.1 Å². The van der Waals surface area contributed by atoms with Gasteiger partial charge in [0.2, 0.25) is 0 Å². The zero-order valence-corrected chi connectivity index (χ0v) is 10.8. The van der Waals surface area contributed by atoms with E-state index >= 15 is 0 Å². The number of carbonyl (C=O) groups is 1. The van der Waals surface area contributed by atoms with Crippen molar-refractivity contribution in [3.8, 4) is 0 Å². The van der Waals surface area contributed by atoms with E-state index in [0.29, 0.717) is 23.1 Å². The molecule has 0 aromatic heterocycles. The first-order valence-corrected chi connectivity index (χ1v) is 7.13. The molecule has 1 N–H and O–H groups in total. The topological polar surface area (TPSA) is 41.5 Å². The molecule has 2 aliphatic rings. The van der Waals surface area contributed by atoms with Gasteiger partial charge >= 0.3 is 0 Å². The van der Waals surface area contributed by atoms with Crippen molar-refractivity contribution in [2.45, 2.75) is 56.9 Å².